The molecular weight excluding hydrogens is 322 g/mol. The summed E-state index contributed by atoms with van der Waals surface area (Å²) in [5, 5.41) is 6.74. The number of aromatic nitrogens is 2. The van der Waals surface area contributed by atoms with Crippen molar-refractivity contribution in [2.45, 2.75) is 52.0 Å². The molecule has 3 rings (SSSR count). The van der Waals surface area contributed by atoms with Crippen molar-refractivity contribution in [3.05, 3.63) is 11.7 Å². The van der Waals surface area contributed by atoms with Crippen LogP contribution in [-0.4, -0.2) is 58.1 Å². The predicted octanol–water partition coefficient (Wildman–Crippen LogP) is 1.74. The molecule has 3 amide bonds. The maximum atomic E-state index is 12.5. The molecule has 1 N–H and O–H groups in total. The first-order chi connectivity index (χ1) is 12.1. The minimum absolute atomic E-state index is 0.106. The lowest BCUT2D eigenvalue weighted by Crippen LogP contribution is -2.49. The Morgan fingerprint density at radius 3 is 2.72 bits per heavy atom. The third-order valence-corrected chi connectivity index (χ3v) is 4.94. The maximum absolute atomic E-state index is 12.5. The van der Waals surface area contributed by atoms with Crippen LogP contribution in [0.15, 0.2) is 4.52 Å². The second kappa shape index (κ2) is 7.84. The van der Waals surface area contributed by atoms with E-state index in [0.29, 0.717) is 43.8 Å². The number of hydrogen-bond acceptors (Lipinski definition) is 5. The van der Waals surface area contributed by atoms with Gasteiger partial charge in [-0.1, -0.05) is 5.16 Å². The molecule has 1 aliphatic carbocycles. The Morgan fingerprint density at radius 2 is 2.04 bits per heavy atom. The second-order valence-electron chi connectivity index (χ2n) is 6.78. The summed E-state index contributed by atoms with van der Waals surface area (Å²) in [4.78, 5) is 32.8. The molecule has 1 atom stereocenters. The molecule has 1 aromatic heterocycles. The van der Waals surface area contributed by atoms with Crippen molar-refractivity contribution in [1.29, 1.82) is 0 Å². The molecule has 138 valence electrons. The SMILES string of the molecule is CCN(CC)C(=O)[C@@H]1CCCN(C(=O)NCc2noc(C3CC3)n2)C1. The number of piperidine rings is 1. The quantitative estimate of drug-likeness (QED) is 0.844. The van der Waals surface area contributed by atoms with Crippen molar-refractivity contribution in [3.8, 4) is 0 Å². The fourth-order valence-corrected chi connectivity index (χ4v) is 3.26. The topological polar surface area (TPSA) is 91.6 Å². The summed E-state index contributed by atoms with van der Waals surface area (Å²) in [6.07, 6.45) is 3.89. The van der Waals surface area contributed by atoms with Crippen LogP contribution in [0.3, 0.4) is 0 Å². The first-order valence-electron chi connectivity index (χ1n) is 9.26. The number of carbonyl (C=O) groups excluding carboxylic acids is 2. The van der Waals surface area contributed by atoms with Gasteiger partial charge in [0, 0.05) is 32.1 Å². The summed E-state index contributed by atoms with van der Waals surface area (Å²) in [6, 6.07) is -0.171. The van der Waals surface area contributed by atoms with E-state index in [2.05, 4.69) is 15.5 Å². The minimum Gasteiger partial charge on any atom is -0.343 e. The molecule has 0 unspecified atom stereocenters. The average molecular weight is 349 g/mol. The molecule has 8 heteroatoms. The molecular formula is C17H27N5O3. The van der Waals surface area contributed by atoms with Crippen LogP contribution in [0.2, 0.25) is 0 Å². The highest BCUT2D eigenvalue weighted by atomic mass is 16.5. The molecule has 8 nitrogen and oxygen atoms in total. The highest BCUT2D eigenvalue weighted by molar-refractivity contribution is 5.81. The lowest BCUT2D eigenvalue weighted by atomic mass is 9.96. The van der Waals surface area contributed by atoms with Crippen LogP contribution in [0.25, 0.3) is 0 Å². The summed E-state index contributed by atoms with van der Waals surface area (Å²) in [5.41, 5.74) is 0. The standard InChI is InChI=1S/C17H27N5O3/c1-3-21(4-2)16(23)13-6-5-9-22(11-13)17(24)18-10-14-19-15(25-20-14)12-7-8-12/h12-13H,3-11H2,1-2H3,(H,18,24)/t13-/m1/s1. The molecule has 1 aliphatic heterocycles. The number of amides is 3. The average Bonchev–Trinajstić information content (AvgIpc) is 3.39. The van der Waals surface area contributed by atoms with E-state index >= 15 is 0 Å². The Bertz CT molecular complexity index is 609. The molecule has 1 saturated heterocycles. The van der Waals surface area contributed by atoms with Crippen LogP contribution in [0.1, 0.15) is 57.2 Å². The monoisotopic (exact) mass is 349 g/mol. The number of likely N-dealkylation sites (tertiary alicyclic amines) is 1. The van der Waals surface area contributed by atoms with E-state index in [4.69, 9.17) is 4.52 Å². The van der Waals surface area contributed by atoms with Gasteiger partial charge in [0.15, 0.2) is 5.82 Å². The largest absolute Gasteiger partial charge is 0.343 e. The number of nitrogens with one attached hydrogen (secondary N) is 1. The van der Waals surface area contributed by atoms with Gasteiger partial charge >= 0.3 is 6.03 Å². The zero-order chi connectivity index (χ0) is 17.8. The lowest BCUT2D eigenvalue weighted by molar-refractivity contribution is -0.136. The van der Waals surface area contributed by atoms with E-state index < -0.39 is 0 Å². The molecule has 25 heavy (non-hydrogen) atoms. The number of hydrogen-bond donors (Lipinski definition) is 1. The molecule has 0 spiro atoms. The number of urea groups is 1. The predicted molar refractivity (Wildman–Crippen MR) is 90.7 cm³/mol. The van der Waals surface area contributed by atoms with Crippen molar-refractivity contribution in [2.75, 3.05) is 26.2 Å². The van der Waals surface area contributed by atoms with Gasteiger partial charge in [-0.15, -0.1) is 0 Å². The minimum atomic E-state index is -0.171. The zero-order valence-electron chi connectivity index (χ0n) is 15.0. The van der Waals surface area contributed by atoms with Gasteiger partial charge in [-0.25, -0.2) is 4.79 Å². The molecule has 0 bridgehead atoms. The van der Waals surface area contributed by atoms with Crippen molar-refractivity contribution in [3.63, 3.8) is 0 Å². The van der Waals surface area contributed by atoms with Crippen LogP contribution in [-0.2, 0) is 11.3 Å². The molecule has 2 fully saturated rings. The van der Waals surface area contributed by atoms with Gasteiger partial charge in [-0.2, -0.15) is 4.98 Å². The van der Waals surface area contributed by atoms with E-state index in [9.17, 15) is 9.59 Å². The fraction of sp³-hybridized carbons (Fsp3) is 0.765. The Hall–Kier alpha value is -2.12. The van der Waals surface area contributed by atoms with Crippen molar-refractivity contribution in [2.24, 2.45) is 5.92 Å². The van der Waals surface area contributed by atoms with E-state index in [1.807, 2.05) is 18.7 Å². The summed E-state index contributed by atoms with van der Waals surface area (Å²) >= 11 is 0. The normalized spacial score (nSPS) is 20.4. The molecule has 2 aliphatic rings. The highest BCUT2D eigenvalue weighted by Crippen LogP contribution is 2.38. The number of nitrogens with zero attached hydrogens (tertiary/aromatic N) is 4. The first kappa shape index (κ1) is 17.7. The Morgan fingerprint density at radius 1 is 1.28 bits per heavy atom. The third kappa shape index (κ3) is 4.29. The molecule has 2 heterocycles. The smallest absolute Gasteiger partial charge is 0.317 e. The van der Waals surface area contributed by atoms with E-state index in [0.717, 1.165) is 25.7 Å². The third-order valence-electron chi connectivity index (χ3n) is 4.94. The van der Waals surface area contributed by atoms with Crippen LogP contribution < -0.4 is 5.32 Å². The summed E-state index contributed by atoms with van der Waals surface area (Å²) < 4.78 is 5.19. The maximum Gasteiger partial charge on any atom is 0.317 e. The highest BCUT2D eigenvalue weighted by Gasteiger charge is 2.31. The first-order valence-corrected chi connectivity index (χ1v) is 9.26. The van der Waals surface area contributed by atoms with Crippen LogP contribution in [0, 0.1) is 5.92 Å². The second-order valence-corrected chi connectivity index (χ2v) is 6.78. The lowest BCUT2D eigenvalue weighted by Gasteiger charge is -2.34. The zero-order valence-corrected chi connectivity index (χ0v) is 15.0. The summed E-state index contributed by atoms with van der Waals surface area (Å²) in [7, 11) is 0. The van der Waals surface area contributed by atoms with Crippen molar-refractivity contribution < 1.29 is 14.1 Å². The Balaban J connectivity index is 1.49. The van der Waals surface area contributed by atoms with Crippen molar-refractivity contribution in [1.82, 2.24) is 25.3 Å². The summed E-state index contributed by atoms with van der Waals surface area (Å²) in [6.45, 7) is 6.78. The van der Waals surface area contributed by atoms with E-state index in [-0.39, 0.29) is 24.4 Å². The van der Waals surface area contributed by atoms with Crippen LogP contribution in [0.5, 0.6) is 0 Å². The van der Waals surface area contributed by atoms with Gasteiger partial charge in [0.05, 0.1) is 12.5 Å². The molecule has 1 aromatic rings. The van der Waals surface area contributed by atoms with Gasteiger partial charge in [0.25, 0.3) is 0 Å². The van der Waals surface area contributed by atoms with Gasteiger partial charge < -0.3 is 19.6 Å². The van der Waals surface area contributed by atoms with Gasteiger partial charge in [0.2, 0.25) is 11.8 Å². The van der Waals surface area contributed by atoms with Crippen LogP contribution in [0.4, 0.5) is 4.79 Å². The Kier molecular flexibility index (Phi) is 5.55. The van der Waals surface area contributed by atoms with Gasteiger partial charge in [-0.05, 0) is 39.5 Å². The van der Waals surface area contributed by atoms with E-state index in [1.54, 1.807) is 4.90 Å². The Labute approximate surface area is 147 Å². The number of rotatable bonds is 6. The van der Waals surface area contributed by atoms with E-state index in [1.165, 1.54) is 0 Å². The number of carbonyl (C=O) groups is 2. The van der Waals surface area contributed by atoms with Gasteiger partial charge in [0.1, 0.15) is 0 Å². The van der Waals surface area contributed by atoms with Crippen LogP contribution >= 0.6 is 0 Å². The fourth-order valence-electron chi connectivity index (χ4n) is 3.26. The van der Waals surface area contributed by atoms with Crippen molar-refractivity contribution >= 4 is 11.9 Å². The summed E-state index contributed by atoms with van der Waals surface area (Å²) in [5.74, 6) is 1.63. The molecule has 1 saturated carbocycles. The molecule has 0 aromatic carbocycles. The molecule has 0 radical (unpaired) electrons. The van der Waals surface area contributed by atoms with Gasteiger partial charge in [-0.3, -0.25) is 4.79 Å².